The molecule has 0 spiro atoms. The second-order valence-electron chi connectivity index (χ2n) is 5.45. The standard InChI is InChI=1S/C15H15BrFN3O/c1-8(21)9-2-3-10(6-9)19-15-18-7-11-13(20-15)5-4-12(16)14(11)17/h4-5,7,9-10H,2-3,6H2,1H3,(H,18,19,20)/t9-,10-/m1/s1. The molecule has 0 radical (unpaired) electrons. The third-order valence-electron chi connectivity index (χ3n) is 3.99. The quantitative estimate of drug-likeness (QED) is 0.915. The lowest BCUT2D eigenvalue weighted by Crippen LogP contribution is -2.18. The fourth-order valence-electron chi connectivity index (χ4n) is 2.78. The SMILES string of the molecule is CC(=O)[C@@H]1CC[C@@H](Nc2ncc3c(F)c(Br)ccc3n2)C1. The van der Waals surface area contributed by atoms with Crippen LogP contribution in [0.4, 0.5) is 10.3 Å². The fraction of sp³-hybridized carbons (Fsp3) is 0.400. The lowest BCUT2D eigenvalue weighted by atomic mass is 10.0. The molecule has 0 aliphatic heterocycles. The first-order chi connectivity index (χ1) is 10.0. The predicted molar refractivity (Wildman–Crippen MR) is 82.6 cm³/mol. The third-order valence-corrected chi connectivity index (χ3v) is 4.61. The summed E-state index contributed by atoms with van der Waals surface area (Å²) in [6, 6.07) is 3.59. The van der Waals surface area contributed by atoms with Crippen molar-refractivity contribution in [2.24, 2.45) is 5.92 Å². The van der Waals surface area contributed by atoms with Crippen molar-refractivity contribution in [3.63, 3.8) is 0 Å². The van der Waals surface area contributed by atoms with Gasteiger partial charge in [0.25, 0.3) is 0 Å². The Morgan fingerprint density at radius 1 is 1.43 bits per heavy atom. The number of benzene rings is 1. The molecular formula is C15H15BrFN3O. The molecule has 1 fully saturated rings. The lowest BCUT2D eigenvalue weighted by molar-refractivity contribution is -0.120. The number of nitrogens with zero attached hydrogens (tertiary/aromatic N) is 2. The van der Waals surface area contributed by atoms with Gasteiger partial charge in [0.1, 0.15) is 11.6 Å². The molecule has 1 aliphatic rings. The number of aromatic nitrogens is 2. The first-order valence-corrected chi connectivity index (χ1v) is 7.71. The first kappa shape index (κ1) is 14.4. The zero-order chi connectivity index (χ0) is 15.0. The fourth-order valence-corrected chi connectivity index (χ4v) is 3.12. The van der Waals surface area contributed by atoms with Gasteiger partial charge in [0.15, 0.2) is 0 Å². The Hall–Kier alpha value is -1.56. The van der Waals surface area contributed by atoms with E-state index in [2.05, 4.69) is 31.2 Å². The van der Waals surface area contributed by atoms with E-state index in [1.54, 1.807) is 19.1 Å². The van der Waals surface area contributed by atoms with Crippen LogP contribution in [0.2, 0.25) is 0 Å². The smallest absolute Gasteiger partial charge is 0.223 e. The Morgan fingerprint density at radius 3 is 2.95 bits per heavy atom. The van der Waals surface area contributed by atoms with Crippen molar-refractivity contribution in [3.05, 3.63) is 28.6 Å². The Bertz CT molecular complexity index is 707. The summed E-state index contributed by atoms with van der Waals surface area (Å²) in [7, 11) is 0. The van der Waals surface area contributed by atoms with E-state index in [9.17, 15) is 9.18 Å². The Morgan fingerprint density at radius 2 is 2.24 bits per heavy atom. The molecule has 4 nitrogen and oxygen atoms in total. The van der Waals surface area contributed by atoms with Gasteiger partial charge in [-0.2, -0.15) is 0 Å². The Kier molecular flexibility index (Phi) is 3.89. The molecule has 1 N–H and O–H groups in total. The number of hydrogen-bond acceptors (Lipinski definition) is 4. The molecule has 0 bridgehead atoms. The summed E-state index contributed by atoms with van der Waals surface area (Å²) in [4.78, 5) is 19.9. The van der Waals surface area contributed by atoms with Gasteiger partial charge >= 0.3 is 0 Å². The van der Waals surface area contributed by atoms with Crippen LogP contribution in [0.25, 0.3) is 10.9 Å². The van der Waals surface area contributed by atoms with Crippen molar-refractivity contribution in [1.29, 1.82) is 0 Å². The number of Topliss-reactive ketones (excluding diaryl/α,β-unsaturated/α-hetero) is 1. The predicted octanol–water partition coefficient (Wildman–Crippen LogP) is 3.70. The highest BCUT2D eigenvalue weighted by Gasteiger charge is 2.28. The van der Waals surface area contributed by atoms with Crippen LogP contribution in [-0.2, 0) is 4.79 Å². The average molecular weight is 352 g/mol. The van der Waals surface area contributed by atoms with E-state index in [1.807, 2.05) is 0 Å². The van der Waals surface area contributed by atoms with Crippen molar-refractivity contribution in [2.45, 2.75) is 32.2 Å². The van der Waals surface area contributed by atoms with Crippen LogP contribution in [0.15, 0.2) is 22.8 Å². The summed E-state index contributed by atoms with van der Waals surface area (Å²) in [5, 5.41) is 3.63. The van der Waals surface area contributed by atoms with Gasteiger partial charge in [-0.25, -0.2) is 14.4 Å². The molecule has 2 atom stereocenters. The molecule has 0 unspecified atom stereocenters. The molecule has 6 heteroatoms. The van der Waals surface area contributed by atoms with Gasteiger partial charge in [-0.05, 0) is 54.2 Å². The van der Waals surface area contributed by atoms with Crippen LogP contribution in [0.3, 0.4) is 0 Å². The van der Waals surface area contributed by atoms with Crippen LogP contribution in [0.5, 0.6) is 0 Å². The molecule has 1 aromatic heterocycles. The maximum atomic E-state index is 13.9. The molecule has 1 heterocycles. The maximum absolute atomic E-state index is 13.9. The number of fused-ring (bicyclic) bond motifs is 1. The number of carbonyl (C=O) groups is 1. The number of ketones is 1. The normalized spacial score (nSPS) is 21.7. The zero-order valence-electron chi connectivity index (χ0n) is 11.6. The zero-order valence-corrected chi connectivity index (χ0v) is 13.2. The maximum Gasteiger partial charge on any atom is 0.223 e. The van der Waals surface area contributed by atoms with E-state index in [4.69, 9.17) is 0 Å². The highest BCUT2D eigenvalue weighted by Crippen LogP contribution is 2.29. The monoisotopic (exact) mass is 351 g/mol. The van der Waals surface area contributed by atoms with Gasteiger partial charge < -0.3 is 5.32 Å². The van der Waals surface area contributed by atoms with E-state index in [-0.39, 0.29) is 23.6 Å². The molecule has 3 rings (SSSR count). The summed E-state index contributed by atoms with van der Waals surface area (Å²) >= 11 is 3.15. The number of halogens is 2. The highest BCUT2D eigenvalue weighted by atomic mass is 79.9. The van der Waals surface area contributed by atoms with Crippen LogP contribution >= 0.6 is 15.9 Å². The second kappa shape index (κ2) is 5.67. The van der Waals surface area contributed by atoms with Gasteiger partial charge in [0.2, 0.25) is 5.95 Å². The van der Waals surface area contributed by atoms with Gasteiger partial charge in [-0.15, -0.1) is 0 Å². The summed E-state index contributed by atoms with van der Waals surface area (Å²) in [5.41, 5.74) is 0.564. The molecule has 0 saturated heterocycles. The molecular weight excluding hydrogens is 337 g/mol. The van der Waals surface area contributed by atoms with Crippen molar-refractivity contribution >= 4 is 38.6 Å². The first-order valence-electron chi connectivity index (χ1n) is 6.92. The van der Waals surface area contributed by atoms with Gasteiger partial charge in [0.05, 0.1) is 15.4 Å². The van der Waals surface area contributed by atoms with Crippen LogP contribution in [-0.4, -0.2) is 21.8 Å². The van der Waals surface area contributed by atoms with Crippen molar-refractivity contribution in [1.82, 2.24) is 9.97 Å². The number of rotatable bonds is 3. The van der Waals surface area contributed by atoms with Crippen LogP contribution < -0.4 is 5.32 Å². The summed E-state index contributed by atoms with van der Waals surface area (Å²) in [6.45, 7) is 1.64. The number of anilines is 1. The van der Waals surface area contributed by atoms with E-state index in [1.165, 1.54) is 6.20 Å². The number of carbonyl (C=O) groups excluding carboxylic acids is 1. The molecule has 1 saturated carbocycles. The van der Waals surface area contributed by atoms with E-state index in [0.29, 0.717) is 21.3 Å². The number of nitrogens with one attached hydrogen (secondary N) is 1. The topological polar surface area (TPSA) is 54.9 Å². The Labute approximate surface area is 130 Å². The minimum Gasteiger partial charge on any atom is -0.351 e. The third kappa shape index (κ3) is 2.90. The minimum atomic E-state index is -0.350. The largest absolute Gasteiger partial charge is 0.351 e. The molecule has 0 amide bonds. The van der Waals surface area contributed by atoms with Crippen molar-refractivity contribution < 1.29 is 9.18 Å². The molecule has 21 heavy (non-hydrogen) atoms. The molecule has 1 aliphatic carbocycles. The van der Waals surface area contributed by atoms with E-state index < -0.39 is 0 Å². The van der Waals surface area contributed by atoms with Crippen LogP contribution in [0.1, 0.15) is 26.2 Å². The summed E-state index contributed by atoms with van der Waals surface area (Å²) in [6.07, 6.45) is 4.14. The average Bonchev–Trinajstić information content (AvgIpc) is 2.92. The van der Waals surface area contributed by atoms with Crippen molar-refractivity contribution in [3.8, 4) is 0 Å². The van der Waals surface area contributed by atoms with Gasteiger partial charge in [-0.1, -0.05) is 0 Å². The molecule has 2 aromatic rings. The second-order valence-corrected chi connectivity index (χ2v) is 6.30. The lowest BCUT2D eigenvalue weighted by Gasteiger charge is -2.13. The van der Waals surface area contributed by atoms with Gasteiger partial charge in [0, 0.05) is 18.2 Å². The minimum absolute atomic E-state index is 0.136. The Balaban J connectivity index is 1.80. The van der Waals surface area contributed by atoms with E-state index >= 15 is 0 Å². The summed E-state index contributed by atoms with van der Waals surface area (Å²) in [5.74, 6) is 0.511. The molecule has 1 aromatic carbocycles. The summed E-state index contributed by atoms with van der Waals surface area (Å²) < 4.78 is 14.3. The van der Waals surface area contributed by atoms with E-state index in [0.717, 1.165) is 19.3 Å². The number of hydrogen-bond donors (Lipinski definition) is 1. The van der Waals surface area contributed by atoms with Crippen LogP contribution in [0, 0.1) is 11.7 Å². The highest BCUT2D eigenvalue weighted by molar-refractivity contribution is 9.10. The van der Waals surface area contributed by atoms with Crippen molar-refractivity contribution in [2.75, 3.05) is 5.32 Å². The van der Waals surface area contributed by atoms with Gasteiger partial charge in [-0.3, -0.25) is 4.79 Å². The molecule has 110 valence electrons.